The summed E-state index contributed by atoms with van der Waals surface area (Å²) < 4.78 is 7.46. The van der Waals surface area contributed by atoms with Gasteiger partial charge in [-0.05, 0) is 13.8 Å². The van der Waals surface area contributed by atoms with Gasteiger partial charge in [-0.3, -0.25) is 14.4 Å². The van der Waals surface area contributed by atoms with Gasteiger partial charge in [-0.1, -0.05) is 0 Å². The lowest BCUT2D eigenvalue weighted by molar-refractivity contribution is -0.119. The number of carbonyl (C=O) groups excluding carboxylic acids is 1. The number of rotatable bonds is 4. The average molecular weight is 335 g/mol. The van der Waals surface area contributed by atoms with Gasteiger partial charge >= 0.3 is 0 Å². The standard InChI is InChI=1S/C15H21N5O2S/c1-10-6-13(19(3)18-10)17-14(21)8-20-4-5-22-12(7-20)15-16-11(2)9-23-15/h6,9,12H,4-5,7-8H2,1-3H3,(H,17,21)/t12-/m1/s1. The molecule has 1 fully saturated rings. The van der Waals surface area contributed by atoms with Gasteiger partial charge in [0.25, 0.3) is 0 Å². The van der Waals surface area contributed by atoms with Crippen LogP contribution in [0.1, 0.15) is 22.5 Å². The van der Waals surface area contributed by atoms with E-state index in [4.69, 9.17) is 4.74 Å². The molecule has 2 aromatic rings. The Kier molecular flexibility index (Phi) is 4.74. The number of morpholine rings is 1. The quantitative estimate of drug-likeness (QED) is 0.917. The van der Waals surface area contributed by atoms with Gasteiger partial charge in [0, 0.05) is 37.3 Å². The van der Waals surface area contributed by atoms with E-state index in [9.17, 15) is 4.79 Å². The number of aromatic nitrogens is 3. The Labute approximate surface area is 139 Å². The van der Waals surface area contributed by atoms with Crippen molar-refractivity contribution in [3.05, 3.63) is 27.8 Å². The van der Waals surface area contributed by atoms with Crippen molar-refractivity contribution in [1.29, 1.82) is 0 Å². The van der Waals surface area contributed by atoms with Crippen molar-refractivity contribution in [2.45, 2.75) is 20.0 Å². The predicted molar refractivity (Wildman–Crippen MR) is 88.6 cm³/mol. The van der Waals surface area contributed by atoms with Crippen LogP contribution in [0.3, 0.4) is 0 Å². The Morgan fingerprint density at radius 2 is 2.30 bits per heavy atom. The van der Waals surface area contributed by atoms with Crippen molar-refractivity contribution < 1.29 is 9.53 Å². The van der Waals surface area contributed by atoms with Gasteiger partial charge in [-0.15, -0.1) is 11.3 Å². The van der Waals surface area contributed by atoms with E-state index in [1.165, 1.54) is 0 Å². The number of hydrogen-bond donors (Lipinski definition) is 1. The van der Waals surface area contributed by atoms with Crippen molar-refractivity contribution in [1.82, 2.24) is 19.7 Å². The minimum Gasteiger partial charge on any atom is -0.368 e. The zero-order chi connectivity index (χ0) is 16.4. The smallest absolute Gasteiger partial charge is 0.239 e. The molecule has 0 radical (unpaired) electrons. The molecule has 124 valence electrons. The number of anilines is 1. The fourth-order valence-corrected chi connectivity index (χ4v) is 3.46. The highest BCUT2D eigenvalue weighted by atomic mass is 32.1. The number of ether oxygens (including phenoxy) is 1. The fraction of sp³-hybridized carbons (Fsp3) is 0.533. The number of amides is 1. The normalized spacial score (nSPS) is 19.0. The highest BCUT2D eigenvalue weighted by Crippen LogP contribution is 2.25. The molecule has 0 aliphatic carbocycles. The Balaban J connectivity index is 1.57. The first kappa shape index (κ1) is 16.1. The molecule has 0 saturated carbocycles. The lowest BCUT2D eigenvalue weighted by Crippen LogP contribution is -2.42. The van der Waals surface area contributed by atoms with Crippen LogP contribution in [-0.2, 0) is 16.6 Å². The summed E-state index contributed by atoms with van der Waals surface area (Å²) in [7, 11) is 1.82. The van der Waals surface area contributed by atoms with Crippen LogP contribution in [0, 0.1) is 13.8 Å². The molecule has 8 heteroatoms. The number of hydrogen-bond acceptors (Lipinski definition) is 6. The van der Waals surface area contributed by atoms with Crippen LogP contribution in [0.4, 0.5) is 5.82 Å². The largest absolute Gasteiger partial charge is 0.368 e. The van der Waals surface area contributed by atoms with Gasteiger partial charge in [-0.25, -0.2) is 4.98 Å². The lowest BCUT2D eigenvalue weighted by atomic mass is 10.2. The Morgan fingerprint density at radius 3 is 2.96 bits per heavy atom. The fourth-order valence-electron chi connectivity index (χ4n) is 2.63. The molecule has 23 heavy (non-hydrogen) atoms. The molecular weight excluding hydrogens is 314 g/mol. The van der Waals surface area contributed by atoms with Crippen molar-refractivity contribution in [3.63, 3.8) is 0 Å². The maximum atomic E-state index is 12.2. The van der Waals surface area contributed by atoms with Gasteiger partial charge in [0.05, 0.1) is 18.8 Å². The Morgan fingerprint density at radius 1 is 1.48 bits per heavy atom. The second-order valence-electron chi connectivity index (χ2n) is 5.76. The van der Waals surface area contributed by atoms with E-state index in [1.807, 2.05) is 32.3 Å². The van der Waals surface area contributed by atoms with Crippen LogP contribution in [0.5, 0.6) is 0 Å². The Hall–Kier alpha value is -1.77. The first-order valence-corrected chi connectivity index (χ1v) is 8.45. The minimum atomic E-state index is -0.0470. The lowest BCUT2D eigenvalue weighted by Gasteiger charge is -2.31. The number of thiazole rings is 1. The number of aryl methyl sites for hydroxylation is 3. The van der Waals surface area contributed by atoms with Gasteiger partial charge in [0.15, 0.2) is 0 Å². The van der Waals surface area contributed by atoms with E-state index in [0.717, 1.165) is 22.9 Å². The predicted octanol–water partition coefficient (Wildman–Crippen LogP) is 1.51. The summed E-state index contributed by atoms with van der Waals surface area (Å²) in [5.41, 5.74) is 1.89. The molecular formula is C15H21N5O2S. The molecule has 3 heterocycles. The molecule has 1 aliphatic rings. The number of carbonyl (C=O) groups is 1. The number of nitrogens with one attached hydrogen (secondary N) is 1. The third-order valence-electron chi connectivity index (χ3n) is 3.70. The van der Waals surface area contributed by atoms with Crippen molar-refractivity contribution in [2.24, 2.45) is 7.05 Å². The van der Waals surface area contributed by atoms with Gasteiger partial charge < -0.3 is 10.1 Å². The second-order valence-corrected chi connectivity index (χ2v) is 6.65. The van der Waals surface area contributed by atoms with E-state index >= 15 is 0 Å². The summed E-state index contributed by atoms with van der Waals surface area (Å²) in [6.07, 6.45) is -0.0470. The molecule has 1 N–H and O–H groups in total. The molecule has 0 unspecified atom stereocenters. The van der Waals surface area contributed by atoms with Gasteiger partial charge in [0.2, 0.25) is 5.91 Å². The van der Waals surface area contributed by atoms with E-state index in [1.54, 1.807) is 16.0 Å². The maximum absolute atomic E-state index is 12.2. The van der Waals surface area contributed by atoms with Crippen LogP contribution in [0.2, 0.25) is 0 Å². The minimum absolute atomic E-state index is 0.0380. The third kappa shape index (κ3) is 3.95. The van der Waals surface area contributed by atoms with Crippen LogP contribution >= 0.6 is 11.3 Å². The van der Waals surface area contributed by atoms with Crippen LogP contribution in [-0.4, -0.2) is 51.8 Å². The highest BCUT2D eigenvalue weighted by Gasteiger charge is 2.25. The molecule has 7 nitrogen and oxygen atoms in total. The maximum Gasteiger partial charge on any atom is 0.239 e. The molecule has 1 saturated heterocycles. The molecule has 0 aromatic carbocycles. The van der Waals surface area contributed by atoms with E-state index in [0.29, 0.717) is 25.5 Å². The molecule has 0 spiro atoms. The zero-order valence-corrected chi connectivity index (χ0v) is 14.4. The molecule has 0 bridgehead atoms. The monoisotopic (exact) mass is 335 g/mol. The van der Waals surface area contributed by atoms with Crippen LogP contribution in [0.25, 0.3) is 0 Å². The van der Waals surface area contributed by atoms with Crippen molar-refractivity contribution in [3.8, 4) is 0 Å². The molecule has 3 rings (SSSR count). The van der Waals surface area contributed by atoms with Crippen molar-refractivity contribution >= 4 is 23.1 Å². The Bertz CT molecular complexity index is 696. The average Bonchev–Trinajstić information content (AvgIpc) is 3.05. The molecule has 1 aliphatic heterocycles. The molecule has 1 amide bonds. The zero-order valence-electron chi connectivity index (χ0n) is 13.6. The summed E-state index contributed by atoms with van der Waals surface area (Å²) in [4.78, 5) is 18.8. The summed E-state index contributed by atoms with van der Waals surface area (Å²) in [6, 6.07) is 1.86. The molecule has 1 atom stereocenters. The van der Waals surface area contributed by atoms with Crippen molar-refractivity contribution in [2.75, 3.05) is 31.6 Å². The first-order chi connectivity index (χ1) is 11.0. The van der Waals surface area contributed by atoms with Crippen LogP contribution in [0.15, 0.2) is 11.4 Å². The van der Waals surface area contributed by atoms with Gasteiger partial charge in [-0.2, -0.15) is 5.10 Å². The highest BCUT2D eigenvalue weighted by molar-refractivity contribution is 7.09. The van der Waals surface area contributed by atoms with Gasteiger partial charge in [0.1, 0.15) is 16.9 Å². The SMILES string of the molecule is Cc1csc([C@H]2CN(CC(=O)Nc3cc(C)nn3C)CCO2)n1. The summed E-state index contributed by atoms with van der Waals surface area (Å²) in [6.45, 7) is 6.27. The van der Waals surface area contributed by atoms with E-state index < -0.39 is 0 Å². The second kappa shape index (κ2) is 6.77. The van der Waals surface area contributed by atoms with E-state index in [-0.39, 0.29) is 12.0 Å². The first-order valence-electron chi connectivity index (χ1n) is 7.58. The van der Waals surface area contributed by atoms with E-state index in [2.05, 4.69) is 20.3 Å². The number of nitrogens with zero attached hydrogens (tertiary/aromatic N) is 4. The summed E-state index contributed by atoms with van der Waals surface area (Å²) in [5, 5.41) is 10.1. The molecule has 2 aromatic heterocycles. The topological polar surface area (TPSA) is 72.3 Å². The summed E-state index contributed by atoms with van der Waals surface area (Å²) in [5.74, 6) is 0.678. The summed E-state index contributed by atoms with van der Waals surface area (Å²) >= 11 is 1.61. The third-order valence-corrected chi connectivity index (χ3v) is 4.75. The van der Waals surface area contributed by atoms with Crippen LogP contribution < -0.4 is 5.32 Å².